The monoisotopic (exact) mass is 475 g/mol. The van der Waals surface area contributed by atoms with E-state index in [1.165, 1.54) is 0 Å². The predicted molar refractivity (Wildman–Crippen MR) is 126 cm³/mol. The summed E-state index contributed by atoms with van der Waals surface area (Å²) in [6.07, 6.45) is 3.15. The molecule has 0 unspecified atom stereocenters. The van der Waals surface area contributed by atoms with Crippen LogP contribution >= 0.6 is 15.9 Å². The molecule has 0 aliphatic carbocycles. The molecule has 1 fully saturated rings. The van der Waals surface area contributed by atoms with Crippen molar-refractivity contribution in [2.75, 3.05) is 18.5 Å². The summed E-state index contributed by atoms with van der Waals surface area (Å²) in [6, 6.07) is 24.0. The number of fused-ring (bicyclic) bond motifs is 1. The number of ether oxygens (including phenoxy) is 1. The van der Waals surface area contributed by atoms with Crippen LogP contribution in [0.3, 0.4) is 0 Å². The summed E-state index contributed by atoms with van der Waals surface area (Å²) in [6.45, 7) is 1.16. The molecule has 5 rings (SSSR count). The van der Waals surface area contributed by atoms with Crippen LogP contribution in [-0.4, -0.2) is 28.7 Å². The minimum atomic E-state index is -0.585. The Labute approximate surface area is 189 Å². The molecule has 2 heterocycles. The van der Waals surface area contributed by atoms with Gasteiger partial charge in [0.25, 0.3) is 0 Å². The lowest BCUT2D eigenvalue weighted by atomic mass is 9.73. The Hall–Kier alpha value is -2.96. The smallest absolute Gasteiger partial charge is 0.235 e. The van der Waals surface area contributed by atoms with Crippen LogP contribution in [-0.2, 0) is 14.9 Å². The Kier molecular flexibility index (Phi) is 5.34. The van der Waals surface area contributed by atoms with E-state index in [2.05, 4.69) is 26.2 Å². The number of carbonyl (C=O) groups excluding carboxylic acids is 1. The number of benzene rings is 3. The number of imidazole rings is 1. The summed E-state index contributed by atoms with van der Waals surface area (Å²) in [4.78, 5) is 17.9. The van der Waals surface area contributed by atoms with Crippen LogP contribution in [0.15, 0.2) is 83.6 Å². The fourth-order valence-corrected chi connectivity index (χ4v) is 4.52. The van der Waals surface area contributed by atoms with Crippen LogP contribution in [0.2, 0.25) is 0 Å². The number of carbonyl (C=O) groups is 1. The first-order chi connectivity index (χ1) is 15.2. The molecule has 1 aliphatic heterocycles. The number of nitrogens with zero attached hydrogens (tertiary/aromatic N) is 2. The van der Waals surface area contributed by atoms with Crippen molar-refractivity contribution in [2.45, 2.75) is 18.3 Å². The molecular weight excluding hydrogens is 454 g/mol. The number of halogens is 1. The van der Waals surface area contributed by atoms with E-state index >= 15 is 0 Å². The van der Waals surface area contributed by atoms with Gasteiger partial charge in [0.1, 0.15) is 6.33 Å². The maximum absolute atomic E-state index is 13.5. The van der Waals surface area contributed by atoms with Crippen molar-refractivity contribution in [1.82, 2.24) is 9.55 Å². The molecule has 156 valence electrons. The maximum Gasteiger partial charge on any atom is 0.235 e. The topological polar surface area (TPSA) is 56.2 Å². The van der Waals surface area contributed by atoms with Crippen molar-refractivity contribution in [3.63, 3.8) is 0 Å². The number of rotatable bonds is 4. The average Bonchev–Trinajstić information content (AvgIpc) is 3.25. The van der Waals surface area contributed by atoms with Crippen molar-refractivity contribution >= 4 is 38.6 Å². The number of nitrogens with one attached hydrogen (secondary N) is 1. The molecule has 0 spiro atoms. The molecule has 1 saturated heterocycles. The quantitative estimate of drug-likeness (QED) is 0.425. The number of amides is 1. The van der Waals surface area contributed by atoms with Gasteiger partial charge in [-0.1, -0.05) is 40.2 Å². The second-order valence-electron chi connectivity index (χ2n) is 7.81. The third-order valence-corrected chi connectivity index (χ3v) is 6.56. The van der Waals surface area contributed by atoms with Gasteiger partial charge in [-0.05, 0) is 66.9 Å². The Bertz CT molecular complexity index is 1210. The van der Waals surface area contributed by atoms with Gasteiger partial charge in [-0.25, -0.2) is 4.98 Å². The van der Waals surface area contributed by atoms with Crippen molar-refractivity contribution in [3.8, 4) is 5.69 Å². The normalized spacial score (nSPS) is 15.6. The van der Waals surface area contributed by atoms with E-state index in [1.807, 2.05) is 83.7 Å². The SMILES string of the molecule is O=C(Nc1ccc(-n2cnc3ccccc32)cc1)C1(c2ccc(Br)cc2)CCOCC1. The summed E-state index contributed by atoms with van der Waals surface area (Å²) in [5.41, 5.74) is 4.23. The lowest BCUT2D eigenvalue weighted by Gasteiger charge is -2.36. The Morgan fingerprint density at radius 3 is 2.42 bits per heavy atom. The number of hydrogen-bond acceptors (Lipinski definition) is 3. The summed E-state index contributed by atoms with van der Waals surface area (Å²) in [5.74, 6) is 0.0129. The van der Waals surface area contributed by atoms with E-state index in [9.17, 15) is 4.79 Å². The summed E-state index contributed by atoms with van der Waals surface area (Å²) in [7, 11) is 0. The van der Waals surface area contributed by atoms with E-state index in [1.54, 1.807) is 0 Å². The molecule has 0 bridgehead atoms. The van der Waals surface area contributed by atoms with Crippen LogP contribution in [0.25, 0.3) is 16.7 Å². The molecule has 0 saturated carbocycles. The Morgan fingerprint density at radius 2 is 1.68 bits per heavy atom. The third kappa shape index (κ3) is 3.77. The predicted octanol–water partition coefficient (Wildman–Crippen LogP) is 5.47. The zero-order valence-electron chi connectivity index (χ0n) is 16.9. The van der Waals surface area contributed by atoms with Gasteiger partial charge in [-0.2, -0.15) is 0 Å². The van der Waals surface area contributed by atoms with Gasteiger partial charge in [0.2, 0.25) is 5.91 Å². The van der Waals surface area contributed by atoms with Gasteiger partial charge in [-0.3, -0.25) is 9.36 Å². The first-order valence-corrected chi connectivity index (χ1v) is 11.1. The van der Waals surface area contributed by atoms with Crippen LogP contribution in [0, 0.1) is 0 Å². The van der Waals surface area contributed by atoms with Gasteiger partial charge in [0.05, 0.1) is 16.4 Å². The van der Waals surface area contributed by atoms with Gasteiger partial charge >= 0.3 is 0 Å². The zero-order chi connectivity index (χ0) is 21.3. The molecule has 0 radical (unpaired) electrons. The summed E-state index contributed by atoms with van der Waals surface area (Å²) in [5, 5.41) is 3.14. The largest absolute Gasteiger partial charge is 0.381 e. The standard InChI is InChI=1S/C25H22BrN3O2/c26-19-7-5-18(6-8-19)25(13-15-31-16-14-25)24(30)28-20-9-11-21(12-10-20)29-17-27-22-3-1-2-4-23(22)29/h1-12,17H,13-16H2,(H,28,30). The third-order valence-electron chi connectivity index (χ3n) is 6.03. The molecule has 1 aromatic heterocycles. The van der Waals surface area contributed by atoms with Crippen LogP contribution in [0.4, 0.5) is 5.69 Å². The molecule has 0 atom stereocenters. The van der Waals surface area contributed by atoms with E-state index in [-0.39, 0.29) is 5.91 Å². The van der Waals surface area contributed by atoms with Gasteiger partial charge in [0, 0.05) is 29.1 Å². The lowest BCUT2D eigenvalue weighted by molar-refractivity contribution is -0.125. The van der Waals surface area contributed by atoms with E-state index in [0.29, 0.717) is 26.1 Å². The highest BCUT2D eigenvalue weighted by Gasteiger charge is 2.41. The molecule has 4 aromatic rings. The second kappa shape index (κ2) is 8.29. The molecular formula is C25H22BrN3O2. The van der Waals surface area contributed by atoms with Crippen molar-refractivity contribution in [1.29, 1.82) is 0 Å². The summed E-state index contributed by atoms with van der Waals surface area (Å²) < 4.78 is 8.61. The molecule has 1 amide bonds. The van der Waals surface area contributed by atoms with Gasteiger partial charge in [0.15, 0.2) is 0 Å². The van der Waals surface area contributed by atoms with Crippen molar-refractivity contribution in [3.05, 3.63) is 89.2 Å². The van der Waals surface area contributed by atoms with Crippen molar-refractivity contribution < 1.29 is 9.53 Å². The first kappa shape index (κ1) is 20.0. The van der Waals surface area contributed by atoms with E-state index in [0.717, 1.165) is 32.4 Å². The highest BCUT2D eigenvalue weighted by Crippen LogP contribution is 2.37. The number of aromatic nitrogens is 2. The number of anilines is 1. The maximum atomic E-state index is 13.5. The fraction of sp³-hybridized carbons (Fsp3) is 0.200. The summed E-state index contributed by atoms with van der Waals surface area (Å²) >= 11 is 3.48. The molecule has 1 aliphatic rings. The van der Waals surface area contributed by atoms with Crippen LogP contribution < -0.4 is 5.32 Å². The molecule has 5 nitrogen and oxygen atoms in total. The Balaban J connectivity index is 1.40. The molecule has 6 heteroatoms. The molecule has 3 aromatic carbocycles. The minimum Gasteiger partial charge on any atom is -0.381 e. The number of hydrogen-bond donors (Lipinski definition) is 1. The van der Waals surface area contributed by atoms with Crippen LogP contribution in [0.5, 0.6) is 0 Å². The van der Waals surface area contributed by atoms with Gasteiger partial charge in [-0.15, -0.1) is 0 Å². The Morgan fingerprint density at radius 1 is 0.968 bits per heavy atom. The average molecular weight is 476 g/mol. The highest BCUT2D eigenvalue weighted by atomic mass is 79.9. The second-order valence-corrected chi connectivity index (χ2v) is 8.72. The first-order valence-electron chi connectivity index (χ1n) is 10.3. The zero-order valence-corrected chi connectivity index (χ0v) is 18.5. The minimum absolute atomic E-state index is 0.0129. The van der Waals surface area contributed by atoms with Crippen molar-refractivity contribution in [2.24, 2.45) is 0 Å². The van der Waals surface area contributed by atoms with E-state index < -0.39 is 5.41 Å². The van der Waals surface area contributed by atoms with Crippen LogP contribution in [0.1, 0.15) is 18.4 Å². The van der Waals surface area contributed by atoms with E-state index in [4.69, 9.17) is 4.74 Å². The lowest BCUT2D eigenvalue weighted by Crippen LogP contribution is -2.44. The fourth-order valence-electron chi connectivity index (χ4n) is 4.26. The highest BCUT2D eigenvalue weighted by molar-refractivity contribution is 9.10. The molecule has 1 N–H and O–H groups in total. The van der Waals surface area contributed by atoms with Gasteiger partial charge < -0.3 is 10.1 Å². The molecule has 31 heavy (non-hydrogen) atoms. The number of para-hydroxylation sites is 2.